The Hall–Kier alpha value is -3.52. The summed E-state index contributed by atoms with van der Waals surface area (Å²) in [6.07, 6.45) is 46.9. The SMILES string of the molecule is CC/C=C\C/C=C\C/C=C\C/C=C\C/C=C\C/C=C\CCCCCOCC(COP(=O)(O)OC1C(O)C(O)C(O)C(O)C1O)OC(=O)C/C=C\C/C=C\C/C=C\C/C=C\C/C=C\CC. The van der Waals surface area contributed by atoms with E-state index in [0.717, 1.165) is 89.9 Å². The molecule has 1 aliphatic carbocycles. The molecule has 0 saturated heterocycles. The highest BCUT2D eigenvalue weighted by Gasteiger charge is 2.51. The first-order chi connectivity index (χ1) is 31.0. The number of aliphatic hydroxyl groups excluding tert-OH is 5. The average Bonchev–Trinajstić information content (AvgIpc) is 3.28. The zero-order chi connectivity index (χ0) is 46.9. The molecule has 1 aliphatic rings. The minimum atomic E-state index is -5.06. The van der Waals surface area contributed by atoms with Gasteiger partial charge in [-0.05, 0) is 89.9 Å². The fourth-order valence-electron chi connectivity index (χ4n) is 5.96. The molecule has 0 spiro atoms. The van der Waals surface area contributed by atoms with Crippen LogP contribution in [0.4, 0.5) is 0 Å². The monoisotopic (exact) mass is 915 g/mol. The number of ether oxygens (including phenoxy) is 2. The van der Waals surface area contributed by atoms with Crippen molar-refractivity contribution in [2.45, 2.75) is 159 Å². The van der Waals surface area contributed by atoms with Crippen molar-refractivity contribution in [1.29, 1.82) is 0 Å². The fourth-order valence-corrected chi connectivity index (χ4v) is 6.93. The van der Waals surface area contributed by atoms with Crippen molar-refractivity contribution in [3.63, 3.8) is 0 Å². The number of esters is 1. The van der Waals surface area contributed by atoms with Gasteiger partial charge in [-0.3, -0.25) is 13.8 Å². The van der Waals surface area contributed by atoms with Crippen molar-refractivity contribution in [1.82, 2.24) is 0 Å². The van der Waals surface area contributed by atoms with E-state index in [1.807, 2.05) is 18.2 Å². The van der Waals surface area contributed by atoms with Gasteiger partial charge in [-0.1, -0.05) is 154 Å². The first kappa shape index (κ1) is 58.5. The van der Waals surface area contributed by atoms with E-state index in [2.05, 4.69) is 123 Å². The van der Waals surface area contributed by atoms with E-state index in [-0.39, 0.29) is 13.0 Å². The lowest BCUT2D eigenvalue weighted by atomic mass is 9.85. The summed E-state index contributed by atoms with van der Waals surface area (Å²) in [5.74, 6) is -0.623. The van der Waals surface area contributed by atoms with Crippen LogP contribution in [0.25, 0.3) is 0 Å². The van der Waals surface area contributed by atoms with E-state index in [4.69, 9.17) is 18.5 Å². The Morgan fingerprint density at radius 3 is 1.30 bits per heavy atom. The molecule has 0 aliphatic heterocycles. The summed E-state index contributed by atoms with van der Waals surface area (Å²) in [6, 6.07) is 0. The second-order valence-corrected chi connectivity index (χ2v) is 16.6. The Labute approximate surface area is 383 Å². The lowest BCUT2D eigenvalue weighted by Gasteiger charge is -2.41. The topological polar surface area (TPSA) is 192 Å². The van der Waals surface area contributed by atoms with E-state index in [9.17, 15) is 39.8 Å². The van der Waals surface area contributed by atoms with Gasteiger partial charge in [-0.2, -0.15) is 0 Å². The maximum atomic E-state index is 12.8. The largest absolute Gasteiger partial charge is 0.472 e. The van der Waals surface area contributed by atoms with Gasteiger partial charge in [0.05, 0.1) is 19.6 Å². The van der Waals surface area contributed by atoms with Gasteiger partial charge < -0.3 is 39.9 Å². The molecule has 12 nitrogen and oxygen atoms in total. The summed E-state index contributed by atoms with van der Waals surface area (Å²) >= 11 is 0. The number of allylic oxidation sites excluding steroid dienone is 21. The van der Waals surface area contributed by atoms with Crippen LogP contribution in [0.2, 0.25) is 0 Å². The van der Waals surface area contributed by atoms with E-state index in [1.54, 1.807) is 6.08 Å². The van der Waals surface area contributed by atoms with Crippen LogP contribution in [-0.4, -0.2) is 98.9 Å². The Balaban J connectivity index is 2.49. The maximum absolute atomic E-state index is 12.8. The standard InChI is InChI=1S/C51H79O12P/c1-3-5-7-9-11-13-15-17-19-20-21-22-23-24-25-27-29-31-33-35-37-39-41-60-42-44(43-61-64(58,59)63-51-49(56)47(54)46(53)48(55)50(51)57)62-45(52)40-38-36-34-32-30-28-26-18-16-14-12-10-8-6-4-2/h5-8,11-14,17-19,21-22,24-26,29-32,36,38,44,46-51,53-57H,3-4,9-10,15-16,20,23,27-28,33-35,37,39-43H2,1-2H3,(H,58,59)/b7-5-,8-6-,13-11-,14-12-,19-17-,22-21-,25-24-,26-18-,31-29-,32-30-,38-36-. The molecular formula is C51H79O12P. The molecule has 1 rings (SSSR count). The van der Waals surface area contributed by atoms with Crippen LogP contribution in [0.3, 0.4) is 0 Å². The second-order valence-electron chi connectivity index (χ2n) is 15.2. The van der Waals surface area contributed by atoms with Crippen LogP contribution in [0.1, 0.15) is 117 Å². The van der Waals surface area contributed by atoms with Gasteiger partial charge in [0.1, 0.15) is 42.7 Å². The minimum Gasteiger partial charge on any atom is -0.457 e. The summed E-state index contributed by atoms with van der Waals surface area (Å²) in [6.45, 7) is 3.81. The Bertz CT molecular complexity index is 1560. The van der Waals surface area contributed by atoms with Gasteiger partial charge in [0.2, 0.25) is 0 Å². The molecule has 6 unspecified atom stereocenters. The van der Waals surface area contributed by atoms with Crippen LogP contribution < -0.4 is 0 Å². The number of phosphoric acid groups is 1. The number of unbranched alkanes of at least 4 members (excludes halogenated alkanes) is 3. The predicted octanol–water partition coefficient (Wildman–Crippen LogP) is 9.63. The number of phosphoric ester groups is 1. The van der Waals surface area contributed by atoms with Crippen molar-refractivity contribution in [2.24, 2.45) is 0 Å². The van der Waals surface area contributed by atoms with Crippen molar-refractivity contribution in [2.75, 3.05) is 19.8 Å². The van der Waals surface area contributed by atoms with E-state index < -0.39 is 63.1 Å². The molecule has 0 bridgehead atoms. The summed E-state index contributed by atoms with van der Waals surface area (Å²) in [5.41, 5.74) is 0. The normalized spacial score (nSPS) is 22.9. The molecule has 6 atom stereocenters. The number of hydrogen-bond donors (Lipinski definition) is 6. The summed E-state index contributed by atoms with van der Waals surface area (Å²) in [7, 11) is -5.06. The predicted molar refractivity (Wildman–Crippen MR) is 257 cm³/mol. The number of carbonyl (C=O) groups excluding carboxylic acids is 1. The third-order valence-electron chi connectivity index (χ3n) is 9.55. The first-order valence-corrected chi connectivity index (χ1v) is 24.5. The highest BCUT2D eigenvalue weighted by atomic mass is 31.2. The van der Waals surface area contributed by atoms with E-state index in [0.29, 0.717) is 13.0 Å². The summed E-state index contributed by atoms with van der Waals surface area (Å²) in [5, 5.41) is 50.2. The summed E-state index contributed by atoms with van der Waals surface area (Å²) < 4.78 is 34.0. The van der Waals surface area contributed by atoms with Crippen LogP contribution in [0.15, 0.2) is 134 Å². The molecule has 0 amide bonds. The zero-order valence-electron chi connectivity index (χ0n) is 38.3. The Kier molecular flexibility index (Phi) is 36.4. The molecule has 1 fully saturated rings. The van der Waals surface area contributed by atoms with Gasteiger partial charge in [-0.15, -0.1) is 0 Å². The fraction of sp³-hybridized carbons (Fsp3) is 0.549. The molecule has 0 aromatic carbocycles. The second kappa shape index (κ2) is 39.8. The molecule has 360 valence electrons. The summed E-state index contributed by atoms with van der Waals surface area (Å²) in [4.78, 5) is 23.1. The van der Waals surface area contributed by atoms with Crippen LogP contribution in [0, 0.1) is 0 Å². The highest BCUT2D eigenvalue weighted by Crippen LogP contribution is 2.47. The molecule has 0 aromatic rings. The van der Waals surface area contributed by atoms with Crippen molar-refractivity contribution in [3.8, 4) is 0 Å². The average molecular weight is 915 g/mol. The van der Waals surface area contributed by atoms with Gasteiger partial charge in [-0.25, -0.2) is 4.57 Å². The zero-order valence-corrected chi connectivity index (χ0v) is 39.2. The first-order valence-electron chi connectivity index (χ1n) is 23.0. The minimum absolute atomic E-state index is 0.0650. The molecule has 0 radical (unpaired) electrons. The molecule has 13 heteroatoms. The van der Waals surface area contributed by atoms with Crippen LogP contribution in [0.5, 0.6) is 0 Å². The van der Waals surface area contributed by atoms with Gasteiger partial charge in [0, 0.05) is 6.61 Å². The quantitative estimate of drug-likeness (QED) is 0.0151. The lowest BCUT2D eigenvalue weighted by molar-refractivity contribution is -0.220. The van der Waals surface area contributed by atoms with Crippen LogP contribution in [-0.2, 0) is 27.9 Å². The molecule has 1 saturated carbocycles. The molecule has 0 aromatic heterocycles. The third-order valence-corrected chi connectivity index (χ3v) is 10.5. The molecule has 0 heterocycles. The van der Waals surface area contributed by atoms with Gasteiger partial charge in [0.25, 0.3) is 0 Å². The van der Waals surface area contributed by atoms with Gasteiger partial charge >= 0.3 is 13.8 Å². The van der Waals surface area contributed by atoms with Crippen LogP contribution >= 0.6 is 7.82 Å². The maximum Gasteiger partial charge on any atom is 0.472 e. The van der Waals surface area contributed by atoms with Crippen molar-refractivity contribution in [3.05, 3.63) is 134 Å². The van der Waals surface area contributed by atoms with Gasteiger partial charge in [0.15, 0.2) is 0 Å². The molecule has 6 N–H and O–H groups in total. The third kappa shape index (κ3) is 31.4. The molecule has 64 heavy (non-hydrogen) atoms. The molecular weight excluding hydrogens is 836 g/mol. The highest BCUT2D eigenvalue weighted by molar-refractivity contribution is 7.47. The number of carbonyl (C=O) groups is 1. The van der Waals surface area contributed by atoms with Crippen molar-refractivity contribution < 1.29 is 58.3 Å². The van der Waals surface area contributed by atoms with E-state index in [1.165, 1.54) is 0 Å². The number of hydrogen-bond acceptors (Lipinski definition) is 11. The Morgan fingerprint density at radius 2 is 0.875 bits per heavy atom. The van der Waals surface area contributed by atoms with E-state index >= 15 is 0 Å². The van der Waals surface area contributed by atoms with Crippen molar-refractivity contribution >= 4 is 13.8 Å². The Morgan fingerprint density at radius 1 is 0.500 bits per heavy atom. The smallest absolute Gasteiger partial charge is 0.457 e. The number of aliphatic hydroxyl groups is 5. The number of rotatable bonds is 36. The lowest BCUT2D eigenvalue weighted by Crippen LogP contribution is -2.64.